The van der Waals surface area contributed by atoms with Crippen molar-refractivity contribution in [3.05, 3.63) is 48.0 Å². The van der Waals surface area contributed by atoms with E-state index < -0.39 is 69.7 Å². The average Bonchev–Trinajstić information content (AvgIpc) is 3.10. The quantitative estimate of drug-likeness (QED) is 0.359. The van der Waals surface area contributed by atoms with Crippen molar-refractivity contribution < 1.29 is 38.9 Å². The van der Waals surface area contributed by atoms with Gasteiger partial charge in [0.1, 0.15) is 23.4 Å². The van der Waals surface area contributed by atoms with Crippen LogP contribution in [0.2, 0.25) is 0 Å². The number of fused-ring (bicyclic) bond motifs is 2. The van der Waals surface area contributed by atoms with E-state index in [0.29, 0.717) is 56.9 Å². The molecular weight excluding hydrogens is 550 g/mol. The van der Waals surface area contributed by atoms with Crippen LogP contribution in [0.1, 0.15) is 75.6 Å². The maximum Gasteiger partial charge on any atom is 0.309 e. The van der Waals surface area contributed by atoms with Gasteiger partial charge in [0.05, 0.1) is 17.9 Å². The summed E-state index contributed by atoms with van der Waals surface area (Å²) in [4.78, 5) is 54.5. The lowest BCUT2D eigenvalue weighted by molar-refractivity contribution is -0.437. The fourth-order valence-corrected chi connectivity index (χ4v) is 10.3. The zero-order valence-corrected chi connectivity index (χ0v) is 24.8. The van der Waals surface area contributed by atoms with Gasteiger partial charge in [0.15, 0.2) is 5.78 Å². The van der Waals surface area contributed by atoms with Gasteiger partial charge in [-0.25, -0.2) is 0 Å². The first-order valence-electron chi connectivity index (χ1n) is 15.8. The van der Waals surface area contributed by atoms with Gasteiger partial charge in [-0.3, -0.25) is 19.2 Å². The van der Waals surface area contributed by atoms with Crippen LogP contribution in [0.5, 0.6) is 0 Å². The molecule has 5 aliphatic carbocycles. The molecule has 2 saturated heterocycles. The van der Waals surface area contributed by atoms with E-state index in [4.69, 9.17) is 9.47 Å². The van der Waals surface area contributed by atoms with Gasteiger partial charge in [0.25, 0.3) is 5.91 Å². The Bertz CT molecular complexity index is 1400. The second kappa shape index (κ2) is 9.56. The van der Waals surface area contributed by atoms with Crippen molar-refractivity contribution in [1.82, 2.24) is 5.32 Å². The number of ketones is 2. The molecular formula is C34H41NO8. The highest BCUT2D eigenvalue weighted by Gasteiger charge is 2.88. The van der Waals surface area contributed by atoms with E-state index in [9.17, 15) is 29.4 Å². The van der Waals surface area contributed by atoms with Gasteiger partial charge < -0.3 is 25.0 Å². The molecule has 230 valence electrons. The standard InChI is InChI=1S/C34H41NO8/c1-18-22-13-14-23-32-17-42-34(41,27(38)25(32)31(2,3)16-15-24(32)36)33(23,26(18)37)28(22)43-30(40)20-9-11-21(12-10-20)35-29(39)19-7-5-4-6-8-19/h4-8,20-23,25,27-28,38,41H,1,9-17H2,2-3H3,(H,35,39)/t20?,21?,22-,23-,25+,27-,28+,32+,33-,34+/m0/s1. The van der Waals surface area contributed by atoms with Crippen LogP contribution in [0, 0.1) is 39.9 Å². The second-order valence-electron chi connectivity index (χ2n) is 14.6. The Hall–Kier alpha value is -2.88. The number of Topliss-reactive ketones (excluding diaryl/α,β-unsaturated/α-hetero) is 2. The van der Waals surface area contributed by atoms with Crippen LogP contribution in [0.3, 0.4) is 0 Å². The van der Waals surface area contributed by atoms with E-state index in [1.54, 1.807) is 12.1 Å². The van der Waals surface area contributed by atoms with E-state index in [2.05, 4.69) is 11.9 Å². The Morgan fingerprint density at radius 2 is 1.74 bits per heavy atom. The molecule has 2 heterocycles. The van der Waals surface area contributed by atoms with Crippen molar-refractivity contribution in [2.45, 2.75) is 89.3 Å². The maximum absolute atomic E-state index is 14.3. The third kappa shape index (κ3) is 3.61. The van der Waals surface area contributed by atoms with E-state index in [1.165, 1.54) is 0 Å². The van der Waals surface area contributed by atoms with Crippen molar-refractivity contribution in [3.63, 3.8) is 0 Å². The number of esters is 1. The number of aliphatic hydroxyl groups excluding tert-OH is 1. The minimum Gasteiger partial charge on any atom is -0.460 e. The molecule has 1 aromatic carbocycles. The summed E-state index contributed by atoms with van der Waals surface area (Å²) in [5, 5.41) is 27.2. The van der Waals surface area contributed by atoms with E-state index >= 15 is 0 Å². The summed E-state index contributed by atoms with van der Waals surface area (Å²) < 4.78 is 12.3. The minimum absolute atomic E-state index is 0.0493. The lowest BCUT2D eigenvalue weighted by Crippen LogP contribution is -2.85. The van der Waals surface area contributed by atoms with Crippen LogP contribution >= 0.6 is 0 Å². The van der Waals surface area contributed by atoms with Crippen molar-refractivity contribution in [2.24, 2.45) is 39.9 Å². The summed E-state index contributed by atoms with van der Waals surface area (Å²) in [6, 6.07) is 8.93. The molecule has 2 spiro atoms. The molecule has 0 radical (unpaired) electrons. The van der Waals surface area contributed by atoms with Crippen molar-refractivity contribution in [1.29, 1.82) is 0 Å². The smallest absolute Gasteiger partial charge is 0.309 e. The Labute approximate surface area is 251 Å². The zero-order valence-electron chi connectivity index (χ0n) is 24.8. The summed E-state index contributed by atoms with van der Waals surface area (Å²) in [5.41, 5.74) is -2.57. The number of hydrogen-bond donors (Lipinski definition) is 3. The molecule has 1 amide bonds. The first-order valence-corrected chi connectivity index (χ1v) is 15.8. The normalized spacial score (nSPS) is 44.4. The molecule has 1 aromatic rings. The summed E-state index contributed by atoms with van der Waals surface area (Å²) >= 11 is 0. The van der Waals surface area contributed by atoms with Crippen molar-refractivity contribution in [2.75, 3.05) is 6.61 Å². The number of carbonyl (C=O) groups is 4. The molecule has 43 heavy (non-hydrogen) atoms. The van der Waals surface area contributed by atoms with Gasteiger partial charge in [0.2, 0.25) is 5.79 Å². The first kappa shape index (κ1) is 28.9. The molecule has 7 fully saturated rings. The van der Waals surface area contributed by atoms with Crippen molar-refractivity contribution >= 4 is 23.4 Å². The van der Waals surface area contributed by atoms with Gasteiger partial charge in [-0.1, -0.05) is 38.6 Å². The molecule has 8 atom stereocenters. The molecule has 0 unspecified atom stereocenters. The Morgan fingerprint density at radius 3 is 2.44 bits per heavy atom. The molecule has 8 rings (SSSR count). The molecule has 2 aliphatic heterocycles. The minimum atomic E-state index is -2.31. The SMILES string of the molecule is C=C1C(=O)[C@]23[C@H](OC(=O)C4CCC(NC(=O)c5ccccc5)CC4)[C@H]1CC[C@H]2[C@@]12CO[C@]3(O)[C@@H](O)[C@@H]1C(C)(C)CCC2=O. The van der Waals surface area contributed by atoms with Gasteiger partial charge in [-0.2, -0.15) is 0 Å². The molecule has 4 bridgehead atoms. The molecule has 5 saturated carbocycles. The van der Waals surface area contributed by atoms with Crippen LogP contribution in [0.15, 0.2) is 42.5 Å². The van der Waals surface area contributed by atoms with Crippen molar-refractivity contribution in [3.8, 4) is 0 Å². The van der Waals surface area contributed by atoms with E-state index in [1.807, 2.05) is 32.0 Å². The van der Waals surface area contributed by atoms with Crippen LogP contribution in [-0.2, 0) is 23.9 Å². The van der Waals surface area contributed by atoms with Crippen LogP contribution in [-0.4, -0.2) is 64.3 Å². The van der Waals surface area contributed by atoms with E-state index in [-0.39, 0.29) is 29.9 Å². The van der Waals surface area contributed by atoms with Crippen LogP contribution in [0.25, 0.3) is 0 Å². The van der Waals surface area contributed by atoms with Crippen LogP contribution in [0.4, 0.5) is 0 Å². The van der Waals surface area contributed by atoms with Gasteiger partial charge in [-0.15, -0.1) is 0 Å². The zero-order chi connectivity index (χ0) is 30.5. The fourth-order valence-electron chi connectivity index (χ4n) is 10.3. The Balaban J connectivity index is 1.15. The molecule has 9 nitrogen and oxygen atoms in total. The predicted octanol–water partition coefficient (Wildman–Crippen LogP) is 3.12. The van der Waals surface area contributed by atoms with E-state index in [0.717, 1.165) is 0 Å². The molecule has 3 N–H and O–H groups in total. The lowest BCUT2D eigenvalue weighted by Gasteiger charge is -2.73. The number of nitrogens with one attached hydrogen (secondary N) is 1. The number of rotatable bonds is 4. The molecule has 7 aliphatic rings. The largest absolute Gasteiger partial charge is 0.460 e. The van der Waals surface area contributed by atoms with Gasteiger partial charge in [0, 0.05) is 29.9 Å². The number of carbonyl (C=O) groups excluding carboxylic acids is 4. The average molecular weight is 592 g/mol. The third-order valence-corrected chi connectivity index (χ3v) is 12.3. The highest BCUT2D eigenvalue weighted by molar-refractivity contribution is 6.06. The monoisotopic (exact) mass is 591 g/mol. The number of amides is 1. The second-order valence-corrected chi connectivity index (χ2v) is 14.6. The summed E-state index contributed by atoms with van der Waals surface area (Å²) in [7, 11) is 0. The maximum atomic E-state index is 14.3. The van der Waals surface area contributed by atoms with Crippen LogP contribution < -0.4 is 5.32 Å². The summed E-state index contributed by atoms with van der Waals surface area (Å²) in [6.45, 7) is 8.01. The van der Waals surface area contributed by atoms with Gasteiger partial charge >= 0.3 is 5.97 Å². The predicted molar refractivity (Wildman–Crippen MR) is 153 cm³/mol. The van der Waals surface area contributed by atoms with Gasteiger partial charge in [-0.05, 0) is 74.0 Å². The molecule has 9 heteroatoms. The fraction of sp³-hybridized carbons (Fsp3) is 0.647. The molecule has 0 aromatic heterocycles. The first-order chi connectivity index (χ1) is 20.4. The Kier molecular flexibility index (Phi) is 6.42. The highest BCUT2D eigenvalue weighted by Crippen LogP contribution is 2.76. The number of aliphatic hydroxyl groups is 2. The Morgan fingerprint density at radius 1 is 1.05 bits per heavy atom. The third-order valence-electron chi connectivity index (χ3n) is 12.3. The summed E-state index contributed by atoms with van der Waals surface area (Å²) in [6.07, 6.45) is 1.48. The topological polar surface area (TPSA) is 139 Å². The lowest BCUT2D eigenvalue weighted by atomic mass is 9.36. The number of benzene rings is 1. The highest BCUT2D eigenvalue weighted by atomic mass is 16.6. The number of ether oxygens (including phenoxy) is 2. The summed E-state index contributed by atoms with van der Waals surface area (Å²) in [5.74, 6) is -5.61. The number of hydrogen-bond acceptors (Lipinski definition) is 8.